The quantitative estimate of drug-likeness (QED) is 0.485. The molecule has 1 aromatic carbocycles. The number of hydrogen-bond donors (Lipinski definition) is 1. The smallest absolute Gasteiger partial charge is 0.328 e. The topological polar surface area (TPSA) is 89.7 Å². The molecule has 0 spiro atoms. The Balaban J connectivity index is 3.07. The van der Waals surface area contributed by atoms with Crippen LogP contribution in [0.4, 0.5) is 5.69 Å². The third kappa shape index (κ3) is 4.79. The van der Waals surface area contributed by atoms with Gasteiger partial charge in [-0.1, -0.05) is 13.8 Å². The lowest BCUT2D eigenvalue weighted by Gasteiger charge is -2.11. The molecule has 1 aromatic rings. The molecule has 19 heavy (non-hydrogen) atoms. The molecule has 6 nitrogen and oxygen atoms in total. The molecule has 0 aromatic heterocycles. The Morgan fingerprint density at radius 3 is 2.74 bits per heavy atom. The molecule has 6 heteroatoms. The fraction of sp³-hybridized carbons (Fsp3) is 0.308. The number of carbonyl (C=O) groups is 1. The van der Waals surface area contributed by atoms with Gasteiger partial charge in [0.1, 0.15) is 5.75 Å². The van der Waals surface area contributed by atoms with Crippen molar-refractivity contribution in [2.24, 2.45) is 5.92 Å². The van der Waals surface area contributed by atoms with Crippen LogP contribution in [0.1, 0.15) is 19.4 Å². The summed E-state index contributed by atoms with van der Waals surface area (Å²) in [6, 6.07) is 4.09. The summed E-state index contributed by atoms with van der Waals surface area (Å²) in [6.07, 6.45) is 2.20. The Kier molecular flexibility index (Phi) is 5.05. The van der Waals surface area contributed by atoms with Gasteiger partial charge in [-0.15, -0.1) is 0 Å². The number of nitrogens with zero attached hydrogens (tertiary/aromatic N) is 1. The average molecular weight is 265 g/mol. The van der Waals surface area contributed by atoms with Gasteiger partial charge in [0, 0.05) is 23.8 Å². The van der Waals surface area contributed by atoms with E-state index in [9.17, 15) is 14.9 Å². The predicted molar refractivity (Wildman–Crippen MR) is 70.1 cm³/mol. The molecule has 0 bridgehead atoms. The first-order valence-corrected chi connectivity index (χ1v) is 5.72. The summed E-state index contributed by atoms with van der Waals surface area (Å²) in [5.41, 5.74) is 0.263. The van der Waals surface area contributed by atoms with E-state index in [1.54, 1.807) is 0 Å². The lowest BCUT2D eigenvalue weighted by atomic mass is 10.1. The van der Waals surface area contributed by atoms with Crippen LogP contribution in [0, 0.1) is 16.0 Å². The zero-order valence-corrected chi connectivity index (χ0v) is 10.7. The van der Waals surface area contributed by atoms with Crippen LogP contribution in [-0.4, -0.2) is 22.6 Å². The van der Waals surface area contributed by atoms with E-state index in [4.69, 9.17) is 9.84 Å². The van der Waals surface area contributed by atoms with Gasteiger partial charge in [0.2, 0.25) is 0 Å². The maximum absolute atomic E-state index is 10.7. The number of non-ortho nitro benzene ring substituents is 1. The maximum atomic E-state index is 10.7. The Morgan fingerprint density at radius 1 is 1.53 bits per heavy atom. The molecular formula is C13H15NO5. The third-order valence-electron chi connectivity index (χ3n) is 2.18. The molecule has 0 radical (unpaired) electrons. The fourth-order valence-corrected chi connectivity index (χ4v) is 1.33. The highest BCUT2D eigenvalue weighted by Crippen LogP contribution is 2.25. The van der Waals surface area contributed by atoms with Crippen molar-refractivity contribution in [2.45, 2.75) is 13.8 Å². The monoisotopic (exact) mass is 265 g/mol. The molecule has 102 valence electrons. The van der Waals surface area contributed by atoms with Gasteiger partial charge < -0.3 is 9.84 Å². The highest BCUT2D eigenvalue weighted by molar-refractivity contribution is 5.86. The van der Waals surface area contributed by atoms with Gasteiger partial charge in [-0.2, -0.15) is 0 Å². The van der Waals surface area contributed by atoms with Crippen molar-refractivity contribution in [2.75, 3.05) is 6.61 Å². The van der Waals surface area contributed by atoms with E-state index in [1.807, 2.05) is 13.8 Å². The second kappa shape index (κ2) is 6.53. The lowest BCUT2D eigenvalue weighted by molar-refractivity contribution is -0.384. The van der Waals surface area contributed by atoms with Crippen LogP contribution < -0.4 is 4.74 Å². The lowest BCUT2D eigenvalue weighted by Crippen LogP contribution is -2.05. The van der Waals surface area contributed by atoms with Gasteiger partial charge >= 0.3 is 5.97 Å². The standard InChI is InChI=1S/C13H15NO5/c1-9(2)8-19-12-5-4-11(14(17)18)7-10(12)3-6-13(15)16/h3-7,9H,8H2,1-2H3,(H,15,16)/b6-3+. The minimum absolute atomic E-state index is 0.109. The first-order chi connectivity index (χ1) is 8.90. The van der Waals surface area contributed by atoms with Crippen LogP contribution in [0.2, 0.25) is 0 Å². The van der Waals surface area contributed by atoms with E-state index in [-0.39, 0.29) is 5.69 Å². The van der Waals surface area contributed by atoms with Crippen molar-refractivity contribution in [3.05, 3.63) is 40.0 Å². The molecule has 0 atom stereocenters. The molecule has 0 aliphatic heterocycles. The van der Waals surface area contributed by atoms with E-state index in [1.165, 1.54) is 24.3 Å². The number of benzene rings is 1. The summed E-state index contributed by atoms with van der Waals surface area (Å²) in [4.78, 5) is 20.7. The van der Waals surface area contributed by atoms with Crippen LogP contribution in [0.25, 0.3) is 6.08 Å². The summed E-state index contributed by atoms with van der Waals surface area (Å²) in [7, 11) is 0. The first kappa shape index (κ1) is 14.7. The molecule has 0 amide bonds. The normalized spacial score (nSPS) is 10.9. The van der Waals surface area contributed by atoms with E-state index in [2.05, 4.69) is 0 Å². The van der Waals surface area contributed by atoms with E-state index in [0.29, 0.717) is 23.8 Å². The second-order valence-electron chi connectivity index (χ2n) is 4.36. The maximum Gasteiger partial charge on any atom is 0.328 e. The highest BCUT2D eigenvalue weighted by atomic mass is 16.6. The number of aliphatic carboxylic acids is 1. The summed E-state index contributed by atoms with van der Waals surface area (Å²) in [6.45, 7) is 4.39. The average Bonchev–Trinajstić information content (AvgIpc) is 2.33. The van der Waals surface area contributed by atoms with Crippen LogP contribution in [0.15, 0.2) is 24.3 Å². The zero-order valence-electron chi connectivity index (χ0n) is 10.7. The summed E-state index contributed by atoms with van der Waals surface area (Å²) < 4.78 is 5.50. The summed E-state index contributed by atoms with van der Waals surface area (Å²) >= 11 is 0. The van der Waals surface area contributed by atoms with Gasteiger partial charge in [0.15, 0.2) is 0 Å². The number of ether oxygens (including phenoxy) is 1. The van der Waals surface area contributed by atoms with Crippen LogP contribution >= 0.6 is 0 Å². The Hall–Kier alpha value is -2.37. The third-order valence-corrected chi connectivity index (χ3v) is 2.18. The van der Waals surface area contributed by atoms with Gasteiger partial charge in [0.25, 0.3) is 5.69 Å². The van der Waals surface area contributed by atoms with Crippen molar-refractivity contribution < 1.29 is 19.6 Å². The predicted octanol–water partition coefficient (Wildman–Crippen LogP) is 2.73. The largest absolute Gasteiger partial charge is 0.493 e. The van der Waals surface area contributed by atoms with Crippen LogP contribution in [0.3, 0.4) is 0 Å². The number of hydrogen-bond acceptors (Lipinski definition) is 4. The van der Waals surface area contributed by atoms with Gasteiger partial charge in [0.05, 0.1) is 11.5 Å². The van der Waals surface area contributed by atoms with Gasteiger partial charge in [-0.05, 0) is 18.1 Å². The molecule has 1 rings (SSSR count). The summed E-state index contributed by atoms with van der Waals surface area (Å²) in [5.74, 6) is -0.399. The van der Waals surface area contributed by atoms with Gasteiger partial charge in [-0.3, -0.25) is 10.1 Å². The number of carboxylic acids is 1. The minimum atomic E-state index is -1.12. The van der Waals surface area contributed by atoms with Crippen molar-refractivity contribution in [3.63, 3.8) is 0 Å². The van der Waals surface area contributed by atoms with Crippen molar-refractivity contribution in [1.82, 2.24) is 0 Å². The molecule has 0 aliphatic rings. The van der Waals surface area contributed by atoms with Crippen molar-refractivity contribution >= 4 is 17.7 Å². The molecule has 0 saturated heterocycles. The molecule has 1 N–H and O–H groups in total. The van der Waals surface area contributed by atoms with Crippen LogP contribution in [-0.2, 0) is 4.79 Å². The zero-order chi connectivity index (χ0) is 14.4. The fourth-order valence-electron chi connectivity index (χ4n) is 1.33. The van der Waals surface area contributed by atoms with Gasteiger partial charge in [-0.25, -0.2) is 4.79 Å². The molecule has 0 fully saturated rings. The molecule has 0 aliphatic carbocycles. The number of carboxylic acid groups (broad SMARTS) is 1. The van der Waals surface area contributed by atoms with E-state index < -0.39 is 10.9 Å². The van der Waals surface area contributed by atoms with Crippen molar-refractivity contribution in [3.8, 4) is 5.75 Å². The Labute approximate surface area is 110 Å². The molecule has 0 heterocycles. The summed E-state index contributed by atoms with van der Waals surface area (Å²) in [5, 5.41) is 19.3. The molecule has 0 unspecified atom stereocenters. The number of nitro groups is 1. The number of rotatable bonds is 6. The first-order valence-electron chi connectivity index (χ1n) is 5.72. The second-order valence-corrected chi connectivity index (χ2v) is 4.36. The van der Waals surface area contributed by atoms with Crippen LogP contribution in [0.5, 0.6) is 5.75 Å². The SMILES string of the molecule is CC(C)COc1ccc([N+](=O)[O-])cc1/C=C/C(=O)O. The Bertz CT molecular complexity index is 508. The van der Waals surface area contributed by atoms with E-state index in [0.717, 1.165) is 6.08 Å². The molecular weight excluding hydrogens is 250 g/mol. The van der Waals surface area contributed by atoms with E-state index >= 15 is 0 Å². The molecule has 0 saturated carbocycles. The van der Waals surface area contributed by atoms with Crippen molar-refractivity contribution in [1.29, 1.82) is 0 Å². The minimum Gasteiger partial charge on any atom is -0.493 e. The number of nitro benzene ring substituents is 1. The Morgan fingerprint density at radius 2 is 2.21 bits per heavy atom. The highest BCUT2D eigenvalue weighted by Gasteiger charge is 2.10.